The van der Waals surface area contributed by atoms with Crippen LogP contribution in [0.3, 0.4) is 0 Å². The molecule has 3 heteroatoms. The van der Waals surface area contributed by atoms with Crippen molar-refractivity contribution in [1.29, 1.82) is 0 Å². The van der Waals surface area contributed by atoms with Gasteiger partial charge in [0.1, 0.15) is 0 Å². The van der Waals surface area contributed by atoms with E-state index in [9.17, 15) is 8.78 Å². The molecule has 0 amide bonds. The molecule has 0 saturated carbocycles. The fourth-order valence-corrected chi connectivity index (χ4v) is 0.174. The molecule has 0 unspecified atom stereocenters. The minimum Gasteiger partial charge on any atom is -0.396 e. The number of hydrogen-bond acceptors (Lipinski definition) is 1. The standard InChI is InChI=1S/C4H6F2O/c5-4(6)2-1-3-7/h2,7H,1,3H2. The largest absolute Gasteiger partial charge is 0.396 e. The summed E-state index contributed by atoms with van der Waals surface area (Å²) in [5.41, 5.74) is 0. The second-order valence-corrected chi connectivity index (χ2v) is 1.01. The number of hydrogen-bond donors (Lipinski definition) is 1. The molecule has 0 aliphatic carbocycles. The van der Waals surface area contributed by atoms with Crippen LogP contribution in [-0.2, 0) is 0 Å². The Labute approximate surface area is 40.3 Å². The van der Waals surface area contributed by atoms with E-state index in [0.717, 1.165) is 0 Å². The maximum atomic E-state index is 11.0. The zero-order chi connectivity index (χ0) is 5.70. The molecule has 0 bridgehead atoms. The third-order valence-electron chi connectivity index (χ3n) is 0.428. The van der Waals surface area contributed by atoms with Gasteiger partial charge in [-0.25, -0.2) is 0 Å². The number of halogens is 2. The van der Waals surface area contributed by atoms with Crippen LogP contribution in [0, 0.1) is 0 Å². The summed E-state index contributed by atoms with van der Waals surface area (Å²) in [7, 11) is 0. The van der Waals surface area contributed by atoms with E-state index < -0.39 is 6.08 Å². The zero-order valence-electron chi connectivity index (χ0n) is 3.69. The van der Waals surface area contributed by atoms with Crippen molar-refractivity contribution in [3.63, 3.8) is 0 Å². The molecule has 0 rings (SSSR count). The summed E-state index contributed by atoms with van der Waals surface area (Å²) in [4.78, 5) is 0. The smallest absolute Gasteiger partial charge is 0.266 e. The van der Waals surface area contributed by atoms with Crippen LogP contribution in [0.2, 0.25) is 0 Å². The normalized spacial score (nSPS) is 8.43. The quantitative estimate of drug-likeness (QED) is 0.562. The van der Waals surface area contributed by atoms with Gasteiger partial charge >= 0.3 is 0 Å². The molecule has 1 N–H and O–H groups in total. The fourth-order valence-electron chi connectivity index (χ4n) is 0.174. The van der Waals surface area contributed by atoms with Gasteiger partial charge in [0.25, 0.3) is 6.08 Å². The maximum absolute atomic E-state index is 11.0. The summed E-state index contributed by atoms with van der Waals surface area (Å²) in [6.07, 6.45) is -1.00. The molecule has 0 saturated heterocycles. The van der Waals surface area contributed by atoms with Crippen molar-refractivity contribution in [2.45, 2.75) is 6.42 Å². The first kappa shape index (κ1) is 6.56. The topological polar surface area (TPSA) is 20.2 Å². The Balaban J connectivity index is 3.08. The average molecular weight is 108 g/mol. The lowest BCUT2D eigenvalue weighted by atomic mass is 10.4. The third kappa shape index (κ3) is 5.56. The Morgan fingerprint density at radius 1 is 1.57 bits per heavy atom. The van der Waals surface area contributed by atoms with Crippen molar-refractivity contribution < 1.29 is 13.9 Å². The Morgan fingerprint density at radius 2 is 2.14 bits per heavy atom. The van der Waals surface area contributed by atoms with E-state index in [-0.39, 0.29) is 13.0 Å². The highest BCUT2D eigenvalue weighted by atomic mass is 19.3. The van der Waals surface area contributed by atoms with Crippen LogP contribution < -0.4 is 0 Å². The van der Waals surface area contributed by atoms with E-state index in [1.807, 2.05) is 0 Å². The molecule has 0 aromatic heterocycles. The molecule has 0 aliphatic heterocycles. The van der Waals surface area contributed by atoms with Gasteiger partial charge in [-0.1, -0.05) is 0 Å². The van der Waals surface area contributed by atoms with E-state index in [1.54, 1.807) is 0 Å². The molecule has 0 aromatic carbocycles. The minimum absolute atomic E-state index is 0.0440. The maximum Gasteiger partial charge on any atom is 0.266 e. The molecule has 0 aliphatic rings. The van der Waals surface area contributed by atoms with E-state index in [4.69, 9.17) is 5.11 Å². The predicted molar refractivity (Wildman–Crippen MR) is 22.0 cm³/mol. The Hall–Kier alpha value is -0.440. The molecule has 0 heterocycles. The van der Waals surface area contributed by atoms with E-state index in [0.29, 0.717) is 6.08 Å². The van der Waals surface area contributed by atoms with Gasteiger partial charge in [-0.3, -0.25) is 0 Å². The van der Waals surface area contributed by atoms with Crippen LogP contribution in [-0.4, -0.2) is 11.7 Å². The summed E-state index contributed by atoms with van der Waals surface area (Å²) in [5, 5.41) is 7.94. The number of rotatable bonds is 2. The van der Waals surface area contributed by atoms with E-state index in [2.05, 4.69) is 0 Å². The molecule has 0 aromatic rings. The van der Waals surface area contributed by atoms with E-state index in [1.165, 1.54) is 0 Å². The lowest BCUT2D eigenvalue weighted by Gasteiger charge is -1.78. The fraction of sp³-hybridized carbons (Fsp3) is 0.500. The van der Waals surface area contributed by atoms with Crippen molar-refractivity contribution in [1.82, 2.24) is 0 Å². The Kier molecular flexibility index (Phi) is 3.50. The highest BCUT2D eigenvalue weighted by molar-refractivity contribution is 4.79. The summed E-state index contributed by atoms with van der Waals surface area (Å²) < 4.78 is 21.9. The molecular formula is C4H6F2O. The second kappa shape index (κ2) is 3.74. The van der Waals surface area contributed by atoms with Gasteiger partial charge in [-0.15, -0.1) is 0 Å². The molecule has 7 heavy (non-hydrogen) atoms. The van der Waals surface area contributed by atoms with Gasteiger partial charge in [-0.05, 0) is 12.5 Å². The number of aliphatic hydroxyl groups excluding tert-OH is 1. The van der Waals surface area contributed by atoms with Crippen LogP contribution in [0.4, 0.5) is 8.78 Å². The molecule has 0 spiro atoms. The first-order valence-electron chi connectivity index (χ1n) is 1.89. The van der Waals surface area contributed by atoms with Gasteiger partial charge in [0.15, 0.2) is 0 Å². The SMILES string of the molecule is OCCC=C(F)F. The summed E-state index contributed by atoms with van der Waals surface area (Å²) in [6.45, 7) is -0.211. The van der Waals surface area contributed by atoms with Crippen LogP contribution in [0.1, 0.15) is 6.42 Å². The van der Waals surface area contributed by atoms with Crippen LogP contribution >= 0.6 is 0 Å². The summed E-state index contributed by atoms with van der Waals surface area (Å²) in [5.74, 6) is 0. The molecular weight excluding hydrogens is 102 g/mol. The van der Waals surface area contributed by atoms with Crippen molar-refractivity contribution in [2.24, 2.45) is 0 Å². The molecule has 42 valence electrons. The van der Waals surface area contributed by atoms with Crippen molar-refractivity contribution in [2.75, 3.05) is 6.61 Å². The first-order chi connectivity index (χ1) is 3.27. The van der Waals surface area contributed by atoms with E-state index >= 15 is 0 Å². The van der Waals surface area contributed by atoms with Crippen LogP contribution in [0.5, 0.6) is 0 Å². The molecule has 0 atom stereocenters. The van der Waals surface area contributed by atoms with Gasteiger partial charge in [0, 0.05) is 6.61 Å². The Bertz CT molecular complexity index is 66.1. The molecule has 0 radical (unpaired) electrons. The third-order valence-corrected chi connectivity index (χ3v) is 0.428. The minimum atomic E-state index is -1.73. The van der Waals surface area contributed by atoms with Gasteiger partial charge < -0.3 is 5.11 Å². The van der Waals surface area contributed by atoms with Crippen LogP contribution in [0.25, 0.3) is 0 Å². The summed E-state index contributed by atoms with van der Waals surface area (Å²) in [6, 6.07) is 0. The second-order valence-electron chi connectivity index (χ2n) is 1.01. The highest BCUT2D eigenvalue weighted by Crippen LogP contribution is 1.96. The van der Waals surface area contributed by atoms with Gasteiger partial charge in [0.2, 0.25) is 0 Å². The van der Waals surface area contributed by atoms with Crippen molar-refractivity contribution in [3.8, 4) is 0 Å². The van der Waals surface area contributed by atoms with Crippen LogP contribution in [0.15, 0.2) is 12.2 Å². The first-order valence-corrected chi connectivity index (χ1v) is 1.89. The molecule has 1 nitrogen and oxygen atoms in total. The van der Waals surface area contributed by atoms with Gasteiger partial charge in [-0.2, -0.15) is 8.78 Å². The monoisotopic (exact) mass is 108 g/mol. The summed E-state index contributed by atoms with van der Waals surface area (Å²) >= 11 is 0. The van der Waals surface area contributed by atoms with Crippen molar-refractivity contribution in [3.05, 3.63) is 12.2 Å². The lowest BCUT2D eigenvalue weighted by Crippen LogP contribution is -1.74. The van der Waals surface area contributed by atoms with Gasteiger partial charge in [0.05, 0.1) is 0 Å². The lowest BCUT2D eigenvalue weighted by molar-refractivity contribution is 0.298. The zero-order valence-corrected chi connectivity index (χ0v) is 3.69. The molecule has 0 fully saturated rings. The average Bonchev–Trinajstić information content (AvgIpc) is 1.61. The number of aliphatic hydroxyl groups is 1. The highest BCUT2D eigenvalue weighted by Gasteiger charge is 1.82. The van der Waals surface area contributed by atoms with Crippen molar-refractivity contribution >= 4 is 0 Å². The predicted octanol–water partition coefficient (Wildman–Crippen LogP) is 1.15. The Morgan fingerprint density at radius 3 is 2.29 bits per heavy atom.